The highest BCUT2D eigenvalue weighted by molar-refractivity contribution is 8.15. The number of amidine groups is 1. The van der Waals surface area contributed by atoms with Crippen LogP contribution in [0.2, 0.25) is 0 Å². The molecule has 1 saturated heterocycles. The molecule has 1 aliphatic rings. The number of ether oxygens (including phenoxy) is 1. The summed E-state index contributed by atoms with van der Waals surface area (Å²) in [6.45, 7) is 1.98. The van der Waals surface area contributed by atoms with Crippen LogP contribution in [0.5, 0.6) is 5.75 Å². The normalized spacial score (nSPS) is 17.8. The number of thioether (sulfide) groups is 1. The molecule has 0 aliphatic carbocycles. The van der Waals surface area contributed by atoms with Crippen LogP contribution < -0.4 is 15.4 Å². The summed E-state index contributed by atoms with van der Waals surface area (Å²) in [5.41, 5.74) is 2.50. The van der Waals surface area contributed by atoms with E-state index in [0.717, 1.165) is 11.3 Å². The van der Waals surface area contributed by atoms with Gasteiger partial charge in [-0.05, 0) is 36.8 Å². The summed E-state index contributed by atoms with van der Waals surface area (Å²) in [5.74, 6) is 0.216. The van der Waals surface area contributed by atoms with Crippen LogP contribution in [0.15, 0.2) is 53.5 Å². The van der Waals surface area contributed by atoms with Gasteiger partial charge in [-0.2, -0.15) is 0 Å². The number of hydrogen-bond donors (Lipinski definition) is 2. The molecule has 1 fully saturated rings. The molecule has 1 aliphatic heterocycles. The zero-order valence-electron chi connectivity index (χ0n) is 14.5. The number of amides is 2. The second-order valence-corrected chi connectivity index (χ2v) is 7.03. The van der Waals surface area contributed by atoms with E-state index in [9.17, 15) is 9.59 Å². The molecule has 7 heteroatoms. The molecule has 1 atom stereocenters. The number of nitrogens with one attached hydrogen (secondary N) is 2. The van der Waals surface area contributed by atoms with E-state index in [2.05, 4.69) is 15.6 Å². The van der Waals surface area contributed by atoms with E-state index in [4.69, 9.17) is 4.74 Å². The molecule has 2 aromatic carbocycles. The van der Waals surface area contributed by atoms with E-state index in [1.807, 2.05) is 31.2 Å². The number of aryl methyl sites for hydroxylation is 1. The first-order chi connectivity index (χ1) is 12.5. The Hall–Kier alpha value is -2.80. The van der Waals surface area contributed by atoms with Gasteiger partial charge in [0.25, 0.3) is 0 Å². The SMILES string of the molecule is COc1cccc(NC(=O)C[C@H]2SC(=Nc3cccc(C)c3)NC2=O)c1. The standard InChI is InChI=1S/C19H19N3O3S/c1-12-5-3-6-13(9-12)21-19-22-18(24)16(26-19)11-17(23)20-14-7-4-8-15(10-14)25-2/h3-10,16H,11H2,1-2H3,(H,20,23)(H,21,22,24)/t16-/m1/s1. The zero-order chi connectivity index (χ0) is 18.5. The topological polar surface area (TPSA) is 79.8 Å². The van der Waals surface area contributed by atoms with Crippen LogP contribution in [0.4, 0.5) is 11.4 Å². The summed E-state index contributed by atoms with van der Waals surface area (Å²) < 4.78 is 5.13. The maximum absolute atomic E-state index is 12.2. The van der Waals surface area contributed by atoms with Crippen molar-refractivity contribution < 1.29 is 14.3 Å². The van der Waals surface area contributed by atoms with Crippen LogP contribution in [-0.4, -0.2) is 29.3 Å². The molecule has 1 heterocycles. The molecule has 0 aromatic heterocycles. The van der Waals surface area contributed by atoms with Gasteiger partial charge in [-0.25, -0.2) is 4.99 Å². The highest BCUT2D eigenvalue weighted by Crippen LogP contribution is 2.26. The number of aliphatic imine (C=N–C) groups is 1. The summed E-state index contributed by atoms with van der Waals surface area (Å²) in [6.07, 6.45) is 0.0700. The number of methoxy groups -OCH3 is 1. The largest absolute Gasteiger partial charge is 0.497 e. The highest BCUT2D eigenvalue weighted by atomic mass is 32.2. The average molecular weight is 369 g/mol. The molecular formula is C19H19N3O3S. The predicted molar refractivity (Wildman–Crippen MR) is 104 cm³/mol. The smallest absolute Gasteiger partial charge is 0.240 e. The first-order valence-corrected chi connectivity index (χ1v) is 8.98. The number of benzene rings is 2. The van der Waals surface area contributed by atoms with E-state index >= 15 is 0 Å². The summed E-state index contributed by atoms with van der Waals surface area (Å²) in [6, 6.07) is 14.8. The highest BCUT2D eigenvalue weighted by Gasteiger charge is 2.32. The second kappa shape index (κ2) is 8.05. The van der Waals surface area contributed by atoms with Crippen LogP contribution in [0.1, 0.15) is 12.0 Å². The van der Waals surface area contributed by atoms with Gasteiger partial charge in [-0.15, -0.1) is 0 Å². The summed E-state index contributed by atoms with van der Waals surface area (Å²) in [5, 5.41) is 5.53. The Balaban J connectivity index is 1.61. The van der Waals surface area contributed by atoms with Crippen molar-refractivity contribution in [1.82, 2.24) is 5.32 Å². The van der Waals surface area contributed by atoms with Gasteiger partial charge in [0, 0.05) is 18.2 Å². The van der Waals surface area contributed by atoms with Crippen molar-refractivity contribution in [1.29, 1.82) is 0 Å². The third kappa shape index (κ3) is 4.64. The summed E-state index contributed by atoms with van der Waals surface area (Å²) in [4.78, 5) is 28.8. The van der Waals surface area contributed by atoms with Crippen LogP contribution in [-0.2, 0) is 9.59 Å². The van der Waals surface area contributed by atoms with Crippen molar-refractivity contribution in [3.05, 3.63) is 54.1 Å². The van der Waals surface area contributed by atoms with E-state index in [1.165, 1.54) is 11.8 Å². The molecule has 0 radical (unpaired) electrons. The predicted octanol–water partition coefficient (Wildman–Crippen LogP) is 3.25. The van der Waals surface area contributed by atoms with E-state index in [-0.39, 0.29) is 18.2 Å². The fraction of sp³-hybridized carbons (Fsp3) is 0.211. The van der Waals surface area contributed by atoms with Crippen LogP contribution >= 0.6 is 11.8 Å². The molecule has 2 N–H and O–H groups in total. The lowest BCUT2D eigenvalue weighted by molar-refractivity contribution is -0.122. The second-order valence-electron chi connectivity index (χ2n) is 5.84. The molecule has 0 spiro atoms. The molecule has 134 valence electrons. The van der Waals surface area contributed by atoms with E-state index in [1.54, 1.807) is 31.4 Å². The van der Waals surface area contributed by atoms with Crippen molar-refractivity contribution in [2.24, 2.45) is 4.99 Å². The number of carbonyl (C=O) groups is 2. The lowest BCUT2D eigenvalue weighted by Gasteiger charge is -2.08. The van der Waals surface area contributed by atoms with Crippen molar-refractivity contribution in [2.45, 2.75) is 18.6 Å². The van der Waals surface area contributed by atoms with Crippen molar-refractivity contribution in [3.8, 4) is 5.75 Å². The minimum Gasteiger partial charge on any atom is -0.497 e. The molecule has 26 heavy (non-hydrogen) atoms. The van der Waals surface area contributed by atoms with Gasteiger partial charge in [0.05, 0.1) is 12.8 Å². The number of nitrogens with zero attached hydrogens (tertiary/aromatic N) is 1. The van der Waals surface area contributed by atoms with Crippen molar-refractivity contribution in [3.63, 3.8) is 0 Å². The summed E-state index contributed by atoms with van der Waals surface area (Å²) >= 11 is 1.27. The van der Waals surface area contributed by atoms with Crippen molar-refractivity contribution >= 4 is 40.1 Å². The van der Waals surface area contributed by atoms with Crippen molar-refractivity contribution in [2.75, 3.05) is 12.4 Å². The maximum atomic E-state index is 12.2. The third-order valence-electron chi connectivity index (χ3n) is 3.73. The van der Waals surface area contributed by atoms with Gasteiger partial charge < -0.3 is 15.4 Å². The fourth-order valence-corrected chi connectivity index (χ4v) is 3.48. The number of hydrogen-bond acceptors (Lipinski definition) is 5. The minimum absolute atomic E-state index is 0.0700. The van der Waals surface area contributed by atoms with Gasteiger partial charge in [0.2, 0.25) is 11.8 Å². The Bertz CT molecular complexity index is 867. The van der Waals surface area contributed by atoms with Crippen LogP contribution in [0, 0.1) is 6.92 Å². The molecule has 3 rings (SSSR count). The summed E-state index contributed by atoms with van der Waals surface area (Å²) in [7, 11) is 1.57. The van der Waals surface area contributed by atoms with Gasteiger partial charge in [-0.3, -0.25) is 9.59 Å². The molecule has 6 nitrogen and oxygen atoms in total. The molecule has 2 aromatic rings. The number of carbonyl (C=O) groups excluding carboxylic acids is 2. The lowest BCUT2D eigenvalue weighted by Crippen LogP contribution is -2.28. The molecule has 0 bridgehead atoms. The molecule has 0 unspecified atom stereocenters. The Labute approximate surface area is 156 Å². The van der Waals surface area contributed by atoms with Gasteiger partial charge >= 0.3 is 0 Å². The van der Waals surface area contributed by atoms with Gasteiger partial charge in [-0.1, -0.05) is 30.0 Å². The maximum Gasteiger partial charge on any atom is 0.240 e. The number of rotatable bonds is 5. The molecular weight excluding hydrogens is 350 g/mol. The average Bonchev–Trinajstić information content (AvgIpc) is 2.94. The quantitative estimate of drug-likeness (QED) is 0.848. The first kappa shape index (κ1) is 18.0. The first-order valence-electron chi connectivity index (χ1n) is 8.10. The Kier molecular flexibility index (Phi) is 5.58. The minimum atomic E-state index is -0.496. The molecule has 0 saturated carbocycles. The Morgan fingerprint density at radius 1 is 1.27 bits per heavy atom. The molecule has 2 amide bonds. The van der Waals surface area contributed by atoms with Crippen LogP contribution in [0.25, 0.3) is 0 Å². The monoisotopic (exact) mass is 369 g/mol. The Morgan fingerprint density at radius 2 is 2.08 bits per heavy atom. The Morgan fingerprint density at radius 3 is 2.85 bits per heavy atom. The zero-order valence-corrected chi connectivity index (χ0v) is 15.3. The fourth-order valence-electron chi connectivity index (χ4n) is 2.49. The van der Waals surface area contributed by atoms with E-state index < -0.39 is 5.25 Å². The van der Waals surface area contributed by atoms with Gasteiger partial charge in [0.1, 0.15) is 11.0 Å². The van der Waals surface area contributed by atoms with Gasteiger partial charge in [0.15, 0.2) is 5.17 Å². The van der Waals surface area contributed by atoms with Crippen LogP contribution in [0.3, 0.4) is 0 Å². The lowest BCUT2D eigenvalue weighted by atomic mass is 10.2. The van der Waals surface area contributed by atoms with E-state index in [0.29, 0.717) is 16.6 Å². The third-order valence-corrected chi connectivity index (χ3v) is 4.81. The number of anilines is 1.